The van der Waals surface area contributed by atoms with E-state index in [9.17, 15) is 18.0 Å². The summed E-state index contributed by atoms with van der Waals surface area (Å²) in [5, 5.41) is 1.87. The third-order valence-electron chi connectivity index (χ3n) is 2.33. The molecule has 0 bridgehead atoms. The minimum absolute atomic E-state index is 0.0274. The Hall–Kier alpha value is -1.47. The molecule has 0 radical (unpaired) electrons. The summed E-state index contributed by atoms with van der Waals surface area (Å²) in [5.41, 5.74) is -1.04. The van der Waals surface area contributed by atoms with Gasteiger partial charge < -0.3 is 9.73 Å². The smallest absolute Gasteiger partial charge is 0.417 e. The largest absolute Gasteiger partial charge is 0.444 e. The molecule has 0 atom stereocenters. The van der Waals surface area contributed by atoms with E-state index in [2.05, 4.69) is 21.2 Å². The van der Waals surface area contributed by atoms with Gasteiger partial charge in [-0.3, -0.25) is 4.79 Å². The predicted molar refractivity (Wildman–Crippen MR) is 70.8 cm³/mol. The van der Waals surface area contributed by atoms with Crippen LogP contribution in [-0.2, 0) is 6.18 Å². The van der Waals surface area contributed by atoms with Gasteiger partial charge in [0.25, 0.3) is 5.91 Å². The third-order valence-corrected chi connectivity index (χ3v) is 3.08. The minimum Gasteiger partial charge on any atom is -0.444 e. The Labute approximate surface area is 124 Å². The molecule has 0 aliphatic heterocycles. The van der Waals surface area contributed by atoms with E-state index < -0.39 is 22.7 Å². The van der Waals surface area contributed by atoms with Crippen molar-refractivity contribution in [2.24, 2.45) is 0 Å². The van der Waals surface area contributed by atoms with E-state index in [0.29, 0.717) is 4.67 Å². The van der Waals surface area contributed by atoms with Gasteiger partial charge in [0.1, 0.15) is 0 Å². The van der Waals surface area contributed by atoms with Crippen molar-refractivity contribution in [3.05, 3.63) is 51.3 Å². The Kier molecular flexibility index (Phi) is 4.10. The van der Waals surface area contributed by atoms with Crippen LogP contribution in [0.3, 0.4) is 0 Å². The van der Waals surface area contributed by atoms with Crippen molar-refractivity contribution in [3.63, 3.8) is 0 Å². The van der Waals surface area contributed by atoms with Crippen molar-refractivity contribution in [3.8, 4) is 0 Å². The Bertz CT molecular complexity index is 654. The molecule has 20 heavy (non-hydrogen) atoms. The Morgan fingerprint density at radius 3 is 2.50 bits per heavy atom. The molecule has 1 aromatic carbocycles. The summed E-state index contributed by atoms with van der Waals surface area (Å²) in [6.45, 7) is 0. The normalized spacial score (nSPS) is 11.4. The van der Waals surface area contributed by atoms with Gasteiger partial charge in [0.2, 0.25) is 0 Å². The highest BCUT2D eigenvalue weighted by molar-refractivity contribution is 9.10. The lowest BCUT2D eigenvalue weighted by Gasteiger charge is -2.11. The number of anilines is 1. The summed E-state index contributed by atoms with van der Waals surface area (Å²) < 4.78 is 43.3. The van der Waals surface area contributed by atoms with Crippen LogP contribution in [0, 0.1) is 0 Å². The number of nitrogens with one attached hydrogen (secondary N) is 1. The van der Waals surface area contributed by atoms with Crippen LogP contribution in [0.2, 0.25) is 5.02 Å². The number of carbonyl (C=O) groups is 1. The van der Waals surface area contributed by atoms with Crippen molar-refractivity contribution in [2.75, 3.05) is 5.32 Å². The SMILES string of the molecule is O=C(Nc1ccc(Cl)c(C(F)(F)F)c1)c1ccc(Br)o1. The lowest BCUT2D eigenvalue weighted by molar-refractivity contribution is -0.137. The number of hydrogen-bond acceptors (Lipinski definition) is 2. The molecule has 0 spiro atoms. The fourth-order valence-electron chi connectivity index (χ4n) is 1.45. The number of alkyl halides is 3. The van der Waals surface area contributed by atoms with Crippen LogP contribution in [0.25, 0.3) is 0 Å². The number of carbonyl (C=O) groups excluding carboxylic acids is 1. The topological polar surface area (TPSA) is 42.2 Å². The first-order chi connectivity index (χ1) is 9.27. The first-order valence-electron chi connectivity index (χ1n) is 5.21. The Balaban J connectivity index is 2.24. The molecule has 0 unspecified atom stereocenters. The molecule has 3 nitrogen and oxygen atoms in total. The fourth-order valence-corrected chi connectivity index (χ4v) is 1.98. The van der Waals surface area contributed by atoms with Crippen LogP contribution in [0.15, 0.2) is 39.4 Å². The number of rotatable bonds is 2. The first kappa shape index (κ1) is 14.9. The molecule has 0 fully saturated rings. The van der Waals surface area contributed by atoms with Crippen molar-refractivity contribution in [2.45, 2.75) is 6.18 Å². The average molecular weight is 369 g/mol. The van der Waals surface area contributed by atoms with Crippen molar-refractivity contribution >= 4 is 39.1 Å². The van der Waals surface area contributed by atoms with E-state index in [1.54, 1.807) is 0 Å². The Morgan fingerprint density at radius 2 is 1.95 bits per heavy atom. The highest BCUT2D eigenvalue weighted by Crippen LogP contribution is 2.36. The van der Waals surface area contributed by atoms with Gasteiger partial charge in [0, 0.05) is 5.69 Å². The number of halogens is 5. The molecular formula is C12H6BrClF3NO2. The molecule has 2 aromatic rings. The van der Waals surface area contributed by atoms with E-state index in [-0.39, 0.29) is 11.4 Å². The van der Waals surface area contributed by atoms with Crippen LogP contribution in [0.4, 0.5) is 18.9 Å². The molecular weight excluding hydrogens is 362 g/mol. The molecule has 0 aliphatic rings. The van der Waals surface area contributed by atoms with Gasteiger partial charge >= 0.3 is 6.18 Å². The zero-order chi connectivity index (χ0) is 14.9. The maximum Gasteiger partial charge on any atom is 0.417 e. The molecule has 0 aliphatic carbocycles. The van der Waals surface area contributed by atoms with E-state index in [1.807, 2.05) is 0 Å². The molecule has 0 saturated carbocycles. The van der Waals surface area contributed by atoms with Crippen LogP contribution >= 0.6 is 27.5 Å². The number of amides is 1. The number of benzene rings is 1. The molecule has 1 N–H and O–H groups in total. The fraction of sp³-hybridized carbons (Fsp3) is 0.0833. The van der Waals surface area contributed by atoms with Gasteiger partial charge in [0.05, 0.1) is 10.6 Å². The van der Waals surface area contributed by atoms with Crippen molar-refractivity contribution in [1.29, 1.82) is 0 Å². The molecule has 0 saturated heterocycles. The zero-order valence-corrected chi connectivity index (χ0v) is 11.9. The van der Waals surface area contributed by atoms with Gasteiger partial charge in [-0.05, 0) is 46.3 Å². The van der Waals surface area contributed by atoms with Crippen molar-refractivity contribution < 1.29 is 22.4 Å². The maximum atomic E-state index is 12.7. The van der Waals surface area contributed by atoms with Crippen LogP contribution in [0.1, 0.15) is 16.1 Å². The summed E-state index contributed by atoms with van der Waals surface area (Å²) in [6, 6.07) is 5.99. The lowest BCUT2D eigenvalue weighted by atomic mass is 10.2. The highest BCUT2D eigenvalue weighted by Gasteiger charge is 2.33. The molecule has 1 amide bonds. The zero-order valence-electron chi connectivity index (χ0n) is 9.59. The molecule has 1 aromatic heterocycles. The summed E-state index contributed by atoms with van der Waals surface area (Å²) >= 11 is 8.50. The summed E-state index contributed by atoms with van der Waals surface area (Å²) in [6.07, 6.45) is -4.59. The van der Waals surface area contributed by atoms with E-state index in [1.165, 1.54) is 18.2 Å². The first-order valence-corrected chi connectivity index (χ1v) is 6.38. The van der Waals surface area contributed by atoms with Gasteiger partial charge in [-0.2, -0.15) is 13.2 Å². The molecule has 1 heterocycles. The van der Waals surface area contributed by atoms with Gasteiger partial charge in [-0.25, -0.2) is 0 Å². The van der Waals surface area contributed by atoms with Gasteiger partial charge in [-0.1, -0.05) is 11.6 Å². The number of hydrogen-bond donors (Lipinski definition) is 1. The summed E-state index contributed by atoms with van der Waals surface area (Å²) in [4.78, 5) is 11.7. The van der Waals surface area contributed by atoms with Gasteiger partial charge in [-0.15, -0.1) is 0 Å². The average Bonchev–Trinajstić information content (AvgIpc) is 2.77. The van der Waals surface area contributed by atoms with Gasteiger partial charge in [0.15, 0.2) is 10.4 Å². The van der Waals surface area contributed by atoms with Crippen LogP contribution in [-0.4, -0.2) is 5.91 Å². The predicted octanol–water partition coefficient (Wildman–Crippen LogP) is 4.97. The monoisotopic (exact) mass is 367 g/mol. The molecule has 8 heteroatoms. The second kappa shape index (κ2) is 5.49. The quantitative estimate of drug-likeness (QED) is 0.813. The standard InChI is InChI=1S/C12H6BrClF3NO2/c13-10-4-3-9(20-10)11(19)18-6-1-2-8(14)7(5-6)12(15,16)17/h1-5H,(H,18,19). The molecule has 2 rings (SSSR count). The summed E-state index contributed by atoms with van der Waals surface area (Å²) in [7, 11) is 0. The third kappa shape index (κ3) is 3.34. The second-order valence-electron chi connectivity index (χ2n) is 3.75. The Morgan fingerprint density at radius 1 is 1.25 bits per heavy atom. The lowest BCUT2D eigenvalue weighted by Crippen LogP contribution is -2.12. The minimum atomic E-state index is -4.59. The summed E-state index contributed by atoms with van der Waals surface area (Å²) in [5.74, 6) is -0.688. The van der Waals surface area contributed by atoms with E-state index in [4.69, 9.17) is 16.0 Å². The molecule has 106 valence electrons. The van der Waals surface area contributed by atoms with Crippen molar-refractivity contribution in [1.82, 2.24) is 0 Å². The maximum absolute atomic E-state index is 12.7. The van der Waals surface area contributed by atoms with E-state index >= 15 is 0 Å². The highest BCUT2D eigenvalue weighted by atomic mass is 79.9. The number of furan rings is 1. The van der Waals surface area contributed by atoms with Crippen LogP contribution in [0.5, 0.6) is 0 Å². The van der Waals surface area contributed by atoms with E-state index in [0.717, 1.165) is 12.1 Å². The second-order valence-corrected chi connectivity index (χ2v) is 4.94. The van der Waals surface area contributed by atoms with Crippen LogP contribution < -0.4 is 5.32 Å².